The SMILES string of the molecule is Cc1cc(C(N)=O)ccc1-n1c(-c2ccc(-c3ccc(=O)[nH]c3)cc2)cc2ccc(C(=O)O)cc21. The van der Waals surface area contributed by atoms with Gasteiger partial charge in [0, 0.05) is 28.9 Å². The van der Waals surface area contributed by atoms with Crippen LogP contribution < -0.4 is 11.3 Å². The summed E-state index contributed by atoms with van der Waals surface area (Å²) in [6, 6.07) is 23.4. The third-order valence-corrected chi connectivity index (χ3v) is 6.07. The normalized spacial score (nSPS) is 11.0. The predicted molar refractivity (Wildman–Crippen MR) is 135 cm³/mol. The van der Waals surface area contributed by atoms with Gasteiger partial charge in [0.2, 0.25) is 11.5 Å². The van der Waals surface area contributed by atoms with Crippen molar-refractivity contribution in [3.63, 3.8) is 0 Å². The number of amides is 1. The fourth-order valence-corrected chi connectivity index (χ4v) is 4.29. The average molecular weight is 463 g/mol. The maximum absolute atomic E-state index is 11.7. The molecule has 0 aliphatic rings. The number of hydrogen-bond acceptors (Lipinski definition) is 3. The molecule has 0 saturated heterocycles. The van der Waals surface area contributed by atoms with Crippen molar-refractivity contribution in [2.45, 2.75) is 6.92 Å². The summed E-state index contributed by atoms with van der Waals surface area (Å²) in [5.74, 6) is -1.52. The van der Waals surface area contributed by atoms with Gasteiger partial charge >= 0.3 is 5.97 Å². The molecular weight excluding hydrogens is 442 g/mol. The molecule has 5 aromatic rings. The smallest absolute Gasteiger partial charge is 0.335 e. The lowest BCUT2D eigenvalue weighted by Crippen LogP contribution is -2.11. The highest BCUT2D eigenvalue weighted by Gasteiger charge is 2.17. The number of carbonyl (C=O) groups excluding carboxylic acids is 1. The van der Waals surface area contributed by atoms with Crippen LogP contribution in [0.5, 0.6) is 0 Å². The van der Waals surface area contributed by atoms with Gasteiger partial charge in [0.15, 0.2) is 0 Å². The van der Waals surface area contributed by atoms with Crippen molar-refractivity contribution in [1.82, 2.24) is 9.55 Å². The number of hydrogen-bond donors (Lipinski definition) is 3. The highest BCUT2D eigenvalue weighted by Crippen LogP contribution is 2.34. The number of aromatic amines is 1. The summed E-state index contributed by atoms with van der Waals surface area (Å²) in [4.78, 5) is 37.4. The molecule has 0 unspecified atom stereocenters. The number of H-pyrrole nitrogens is 1. The summed E-state index contributed by atoms with van der Waals surface area (Å²) >= 11 is 0. The summed E-state index contributed by atoms with van der Waals surface area (Å²) in [6.07, 6.45) is 1.67. The molecule has 0 spiro atoms. The number of aryl methyl sites for hydroxylation is 1. The number of carbonyl (C=O) groups is 2. The lowest BCUT2D eigenvalue weighted by atomic mass is 10.0. The number of nitrogens with two attached hydrogens (primary N) is 1. The quantitative estimate of drug-likeness (QED) is 0.348. The Labute approximate surface area is 200 Å². The first kappa shape index (κ1) is 21.9. The first-order valence-electron chi connectivity index (χ1n) is 10.9. The standard InChI is InChI=1S/C28H21N3O4/c1-16-12-20(27(29)33)8-10-23(16)31-24(13-19-6-7-21(28(34)35)14-25(19)31)18-4-2-17(3-5-18)22-9-11-26(32)30-15-22/h2-15H,1H3,(H2,29,33)(H,30,32)(H,34,35). The van der Waals surface area contributed by atoms with Gasteiger partial charge in [-0.1, -0.05) is 30.3 Å². The van der Waals surface area contributed by atoms with Crippen LogP contribution in [0.2, 0.25) is 0 Å². The monoisotopic (exact) mass is 463 g/mol. The number of nitrogens with one attached hydrogen (secondary N) is 1. The molecule has 0 saturated carbocycles. The molecule has 35 heavy (non-hydrogen) atoms. The van der Waals surface area contributed by atoms with Crippen LogP contribution in [0.25, 0.3) is 39.0 Å². The average Bonchev–Trinajstić information content (AvgIpc) is 3.23. The van der Waals surface area contributed by atoms with Gasteiger partial charge < -0.3 is 20.4 Å². The van der Waals surface area contributed by atoms with Crippen molar-refractivity contribution in [1.29, 1.82) is 0 Å². The zero-order valence-electron chi connectivity index (χ0n) is 18.8. The van der Waals surface area contributed by atoms with Crippen LogP contribution >= 0.6 is 0 Å². The van der Waals surface area contributed by atoms with Crippen LogP contribution in [0.4, 0.5) is 0 Å². The van der Waals surface area contributed by atoms with E-state index in [9.17, 15) is 19.5 Å². The lowest BCUT2D eigenvalue weighted by molar-refractivity contribution is 0.0696. The molecular formula is C28H21N3O4. The van der Waals surface area contributed by atoms with Gasteiger partial charge in [-0.05, 0) is 71.6 Å². The molecule has 5 rings (SSSR count). The minimum atomic E-state index is -1.01. The lowest BCUT2D eigenvalue weighted by Gasteiger charge is -2.15. The highest BCUT2D eigenvalue weighted by atomic mass is 16.4. The first-order valence-corrected chi connectivity index (χ1v) is 10.9. The predicted octanol–water partition coefficient (Wildman–Crippen LogP) is 4.76. The molecule has 1 amide bonds. The molecule has 4 N–H and O–H groups in total. The van der Waals surface area contributed by atoms with Gasteiger partial charge in [-0.3, -0.25) is 9.59 Å². The van der Waals surface area contributed by atoms with Gasteiger partial charge in [0.05, 0.1) is 16.8 Å². The second-order valence-electron chi connectivity index (χ2n) is 8.33. The van der Waals surface area contributed by atoms with Crippen molar-refractivity contribution in [3.05, 3.63) is 112 Å². The topological polar surface area (TPSA) is 118 Å². The number of fused-ring (bicyclic) bond motifs is 1. The number of aromatic carboxylic acids is 1. The van der Waals surface area contributed by atoms with E-state index < -0.39 is 11.9 Å². The van der Waals surface area contributed by atoms with E-state index in [2.05, 4.69) is 4.98 Å². The van der Waals surface area contributed by atoms with Gasteiger partial charge in [-0.15, -0.1) is 0 Å². The van der Waals surface area contributed by atoms with E-state index in [0.717, 1.165) is 44.5 Å². The Morgan fingerprint density at radius 3 is 2.14 bits per heavy atom. The molecule has 0 atom stereocenters. The Kier molecular flexibility index (Phi) is 5.30. The first-order chi connectivity index (χ1) is 16.8. The van der Waals surface area contributed by atoms with Crippen LogP contribution in [0.15, 0.2) is 89.9 Å². The van der Waals surface area contributed by atoms with E-state index in [1.165, 1.54) is 6.07 Å². The molecule has 0 aliphatic carbocycles. The maximum Gasteiger partial charge on any atom is 0.335 e. The van der Waals surface area contributed by atoms with Crippen LogP contribution in [-0.2, 0) is 0 Å². The second kappa shape index (κ2) is 8.46. The molecule has 3 aromatic carbocycles. The Morgan fingerprint density at radius 1 is 0.829 bits per heavy atom. The Balaban J connectivity index is 1.71. The van der Waals surface area contributed by atoms with Crippen LogP contribution in [0.1, 0.15) is 26.3 Å². The highest BCUT2D eigenvalue weighted by molar-refractivity contribution is 5.97. The largest absolute Gasteiger partial charge is 0.478 e. The van der Waals surface area contributed by atoms with Crippen molar-refractivity contribution in [3.8, 4) is 28.1 Å². The number of carboxylic acids is 1. The van der Waals surface area contributed by atoms with Crippen LogP contribution in [0, 0.1) is 6.92 Å². The minimum absolute atomic E-state index is 0.159. The summed E-state index contributed by atoms with van der Waals surface area (Å²) in [7, 11) is 0. The molecule has 0 radical (unpaired) electrons. The third kappa shape index (κ3) is 4.00. The van der Waals surface area contributed by atoms with Gasteiger partial charge in [0.1, 0.15) is 0 Å². The number of pyridine rings is 1. The van der Waals surface area contributed by atoms with E-state index >= 15 is 0 Å². The fraction of sp³-hybridized carbons (Fsp3) is 0.0357. The van der Waals surface area contributed by atoms with Crippen molar-refractivity contribution < 1.29 is 14.7 Å². The zero-order valence-corrected chi connectivity index (χ0v) is 18.8. The van der Waals surface area contributed by atoms with Crippen molar-refractivity contribution in [2.24, 2.45) is 5.73 Å². The number of primary amides is 1. The Hall–Kier alpha value is -4.91. The summed E-state index contributed by atoms with van der Waals surface area (Å²) in [6.45, 7) is 1.89. The van der Waals surface area contributed by atoms with Gasteiger partial charge in [-0.25, -0.2) is 4.79 Å². The van der Waals surface area contributed by atoms with Gasteiger partial charge in [-0.2, -0.15) is 0 Å². The molecule has 7 nitrogen and oxygen atoms in total. The minimum Gasteiger partial charge on any atom is -0.478 e. The van der Waals surface area contributed by atoms with E-state index in [1.54, 1.807) is 42.6 Å². The number of rotatable bonds is 5. The van der Waals surface area contributed by atoms with E-state index in [4.69, 9.17) is 5.73 Å². The third-order valence-electron chi connectivity index (χ3n) is 6.07. The molecule has 2 aromatic heterocycles. The maximum atomic E-state index is 11.7. The Bertz CT molecular complexity index is 1660. The molecule has 0 bridgehead atoms. The van der Waals surface area contributed by atoms with Crippen molar-refractivity contribution >= 4 is 22.8 Å². The molecule has 2 heterocycles. The molecule has 172 valence electrons. The van der Waals surface area contributed by atoms with Gasteiger partial charge in [0.25, 0.3) is 0 Å². The van der Waals surface area contributed by atoms with E-state index in [0.29, 0.717) is 5.56 Å². The number of aromatic nitrogens is 2. The molecule has 0 fully saturated rings. The van der Waals surface area contributed by atoms with E-state index in [1.807, 2.05) is 47.9 Å². The molecule has 0 aliphatic heterocycles. The van der Waals surface area contributed by atoms with Crippen LogP contribution in [0.3, 0.4) is 0 Å². The fourth-order valence-electron chi connectivity index (χ4n) is 4.29. The van der Waals surface area contributed by atoms with Crippen LogP contribution in [-0.4, -0.2) is 26.5 Å². The summed E-state index contributed by atoms with van der Waals surface area (Å²) in [5, 5.41) is 10.4. The van der Waals surface area contributed by atoms with E-state index in [-0.39, 0.29) is 11.1 Å². The second-order valence-corrected chi connectivity index (χ2v) is 8.33. The number of nitrogens with zero attached hydrogens (tertiary/aromatic N) is 1. The number of benzene rings is 3. The summed E-state index contributed by atoms with van der Waals surface area (Å²) in [5.41, 5.74) is 11.9. The summed E-state index contributed by atoms with van der Waals surface area (Å²) < 4.78 is 2.00. The number of carboxylic acid groups (broad SMARTS) is 1. The Morgan fingerprint density at radius 2 is 1.51 bits per heavy atom. The van der Waals surface area contributed by atoms with Crippen molar-refractivity contribution in [2.75, 3.05) is 0 Å². The zero-order chi connectivity index (χ0) is 24.7. The molecule has 7 heteroatoms.